The van der Waals surface area contributed by atoms with E-state index in [9.17, 15) is 14.4 Å². The highest BCUT2D eigenvalue weighted by Gasteiger charge is 2.35. The Balaban J connectivity index is 1.64. The van der Waals surface area contributed by atoms with Gasteiger partial charge < -0.3 is 14.8 Å². The number of amides is 1. The summed E-state index contributed by atoms with van der Waals surface area (Å²) >= 11 is 0. The molecule has 2 aromatic carbocycles. The summed E-state index contributed by atoms with van der Waals surface area (Å²) in [5.74, 6) is -0.876. The Morgan fingerprint density at radius 1 is 0.906 bits per heavy atom. The Hall–Kier alpha value is -3.15. The van der Waals surface area contributed by atoms with Gasteiger partial charge in [0.2, 0.25) is 0 Å². The van der Waals surface area contributed by atoms with Gasteiger partial charge >= 0.3 is 11.9 Å². The van der Waals surface area contributed by atoms with E-state index < -0.39 is 5.97 Å². The second-order valence-corrected chi connectivity index (χ2v) is 8.32. The summed E-state index contributed by atoms with van der Waals surface area (Å²) in [7, 11) is 0. The van der Waals surface area contributed by atoms with Crippen LogP contribution in [0, 0.1) is 5.41 Å². The molecule has 0 heterocycles. The molecule has 1 aliphatic rings. The van der Waals surface area contributed by atoms with Crippen LogP contribution >= 0.6 is 0 Å². The largest absolute Gasteiger partial charge is 0.466 e. The van der Waals surface area contributed by atoms with Crippen LogP contribution in [0.15, 0.2) is 54.6 Å². The molecule has 0 unspecified atom stereocenters. The molecule has 1 amide bonds. The second-order valence-electron chi connectivity index (χ2n) is 8.32. The zero-order valence-corrected chi connectivity index (χ0v) is 18.6. The SMILES string of the molecule is CCOC(=O)CC1(CNC(=O)c2ccccc2COC(=O)c2ccccc2)CCCCC1. The maximum absolute atomic E-state index is 13.0. The summed E-state index contributed by atoms with van der Waals surface area (Å²) in [6, 6.07) is 15.9. The Bertz CT molecular complexity index is 919. The van der Waals surface area contributed by atoms with E-state index in [2.05, 4.69) is 5.32 Å². The van der Waals surface area contributed by atoms with Crippen molar-refractivity contribution in [1.82, 2.24) is 5.32 Å². The molecule has 0 saturated heterocycles. The summed E-state index contributed by atoms with van der Waals surface area (Å²) in [4.78, 5) is 37.4. The van der Waals surface area contributed by atoms with Crippen LogP contribution in [0.2, 0.25) is 0 Å². The van der Waals surface area contributed by atoms with Gasteiger partial charge in [0.25, 0.3) is 5.91 Å². The summed E-state index contributed by atoms with van der Waals surface area (Å²) in [6.07, 6.45) is 5.33. The second kappa shape index (κ2) is 11.5. The minimum Gasteiger partial charge on any atom is -0.466 e. The molecule has 2 aromatic rings. The third-order valence-electron chi connectivity index (χ3n) is 5.99. The number of carbonyl (C=O) groups is 3. The van der Waals surface area contributed by atoms with E-state index in [1.54, 1.807) is 49.4 Å². The fraction of sp³-hybridized carbons (Fsp3) is 0.423. The molecule has 170 valence electrons. The van der Waals surface area contributed by atoms with Crippen LogP contribution in [0.25, 0.3) is 0 Å². The molecule has 1 fully saturated rings. The molecule has 0 spiro atoms. The molecule has 1 N–H and O–H groups in total. The van der Waals surface area contributed by atoms with Crippen molar-refractivity contribution in [3.8, 4) is 0 Å². The lowest BCUT2D eigenvalue weighted by Gasteiger charge is -2.36. The summed E-state index contributed by atoms with van der Waals surface area (Å²) < 4.78 is 10.6. The topological polar surface area (TPSA) is 81.7 Å². The molecule has 6 heteroatoms. The third-order valence-corrected chi connectivity index (χ3v) is 5.99. The van der Waals surface area contributed by atoms with Crippen molar-refractivity contribution < 1.29 is 23.9 Å². The molecule has 32 heavy (non-hydrogen) atoms. The Morgan fingerprint density at radius 2 is 1.59 bits per heavy atom. The van der Waals surface area contributed by atoms with Crippen molar-refractivity contribution >= 4 is 17.8 Å². The maximum atomic E-state index is 13.0. The van der Waals surface area contributed by atoms with E-state index in [4.69, 9.17) is 9.47 Å². The number of esters is 2. The predicted molar refractivity (Wildman–Crippen MR) is 121 cm³/mol. The van der Waals surface area contributed by atoms with Gasteiger partial charge in [-0.05, 0) is 43.4 Å². The highest BCUT2D eigenvalue weighted by atomic mass is 16.5. The van der Waals surface area contributed by atoms with Crippen LogP contribution in [-0.2, 0) is 20.9 Å². The summed E-state index contributed by atoms with van der Waals surface area (Å²) in [5.41, 5.74) is 1.30. The minimum atomic E-state index is -0.434. The van der Waals surface area contributed by atoms with Gasteiger partial charge in [0, 0.05) is 17.7 Å². The van der Waals surface area contributed by atoms with Crippen molar-refractivity contribution in [2.75, 3.05) is 13.2 Å². The highest BCUT2D eigenvalue weighted by molar-refractivity contribution is 5.96. The van der Waals surface area contributed by atoms with Crippen LogP contribution < -0.4 is 5.32 Å². The van der Waals surface area contributed by atoms with Crippen molar-refractivity contribution in [3.05, 3.63) is 71.3 Å². The molecule has 0 atom stereocenters. The molecule has 0 aliphatic heterocycles. The minimum absolute atomic E-state index is 0.00525. The maximum Gasteiger partial charge on any atom is 0.338 e. The first kappa shape index (κ1) is 23.5. The first-order chi connectivity index (χ1) is 15.5. The fourth-order valence-electron chi connectivity index (χ4n) is 4.27. The number of hydrogen-bond donors (Lipinski definition) is 1. The molecule has 0 radical (unpaired) electrons. The third kappa shape index (κ3) is 6.42. The van der Waals surface area contributed by atoms with Gasteiger partial charge in [-0.3, -0.25) is 9.59 Å². The average molecular weight is 438 g/mol. The number of hydrogen-bond acceptors (Lipinski definition) is 5. The summed E-state index contributed by atoms with van der Waals surface area (Å²) in [5, 5.41) is 3.03. The van der Waals surface area contributed by atoms with Gasteiger partial charge in [-0.25, -0.2) is 4.79 Å². The lowest BCUT2D eigenvalue weighted by atomic mass is 9.71. The molecule has 0 bridgehead atoms. The van der Waals surface area contributed by atoms with E-state index in [1.165, 1.54) is 0 Å². The molecule has 1 aliphatic carbocycles. The number of benzene rings is 2. The molecule has 0 aromatic heterocycles. The Labute approximate surface area is 189 Å². The molecular weight excluding hydrogens is 406 g/mol. The van der Waals surface area contributed by atoms with Crippen LogP contribution in [0.3, 0.4) is 0 Å². The van der Waals surface area contributed by atoms with Crippen molar-refractivity contribution in [2.24, 2.45) is 5.41 Å². The average Bonchev–Trinajstić information content (AvgIpc) is 2.82. The first-order valence-corrected chi connectivity index (χ1v) is 11.3. The standard InChI is InChI=1S/C26H31NO5/c1-2-31-23(28)17-26(15-9-4-10-16-26)19-27-24(29)22-14-8-7-13-21(22)18-32-25(30)20-11-5-3-6-12-20/h3,5-8,11-14H,2,4,9-10,15-19H2,1H3,(H,27,29). The van der Waals surface area contributed by atoms with E-state index in [0.29, 0.717) is 36.3 Å². The lowest BCUT2D eigenvalue weighted by Crippen LogP contribution is -2.41. The molecule has 1 saturated carbocycles. The van der Waals surface area contributed by atoms with Gasteiger partial charge in [-0.2, -0.15) is 0 Å². The predicted octanol–water partition coefficient (Wildman–Crippen LogP) is 4.68. The number of carbonyl (C=O) groups excluding carboxylic acids is 3. The van der Waals surface area contributed by atoms with Gasteiger partial charge in [-0.1, -0.05) is 55.7 Å². The van der Waals surface area contributed by atoms with Crippen molar-refractivity contribution in [2.45, 2.75) is 52.1 Å². The van der Waals surface area contributed by atoms with Gasteiger partial charge in [0.15, 0.2) is 0 Å². The van der Waals surface area contributed by atoms with Crippen molar-refractivity contribution in [1.29, 1.82) is 0 Å². The van der Waals surface area contributed by atoms with E-state index in [-0.39, 0.29) is 23.9 Å². The van der Waals surface area contributed by atoms with Crippen molar-refractivity contribution in [3.63, 3.8) is 0 Å². The van der Waals surface area contributed by atoms with Gasteiger partial charge in [0.05, 0.1) is 18.6 Å². The molecular formula is C26H31NO5. The van der Waals surface area contributed by atoms with E-state index in [0.717, 1.165) is 32.1 Å². The van der Waals surface area contributed by atoms with Crippen LogP contribution in [0.4, 0.5) is 0 Å². The van der Waals surface area contributed by atoms with Crippen LogP contribution in [-0.4, -0.2) is 31.0 Å². The number of nitrogens with one attached hydrogen (secondary N) is 1. The van der Waals surface area contributed by atoms with E-state index >= 15 is 0 Å². The Kier molecular flexibility index (Phi) is 8.42. The number of ether oxygens (including phenoxy) is 2. The zero-order chi connectivity index (χ0) is 22.8. The quantitative estimate of drug-likeness (QED) is 0.576. The normalized spacial score (nSPS) is 14.9. The lowest BCUT2D eigenvalue weighted by molar-refractivity contribution is -0.146. The van der Waals surface area contributed by atoms with Gasteiger partial charge in [0.1, 0.15) is 6.61 Å². The van der Waals surface area contributed by atoms with Crippen LogP contribution in [0.1, 0.15) is 71.7 Å². The fourth-order valence-corrected chi connectivity index (χ4v) is 4.27. The van der Waals surface area contributed by atoms with Gasteiger partial charge in [-0.15, -0.1) is 0 Å². The van der Waals surface area contributed by atoms with E-state index in [1.807, 2.05) is 12.1 Å². The molecule has 6 nitrogen and oxygen atoms in total. The monoisotopic (exact) mass is 437 g/mol. The number of rotatable bonds is 9. The Morgan fingerprint density at radius 3 is 2.31 bits per heavy atom. The summed E-state index contributed by atoms with van der Waals surface area (Å²) in [6.45, 7) is 2.58. The zero-order valence-electron chi connectivity index (χ0n) is 18.6. The van der Waals surface area contributed by atoms with Crippen LogP contribution in [0.5, 0.6) is 0 Å². The first-order valence-electron chi connectivity index (χ1n) is 11.3. The highest BCUT2D eigenvalue weighted by Crippen LogP contribution is 2.39. The molecule has 3 rings (SSSR count). The smallest absolute Gasteiger partial charge is 0.338 e.